The second-order valence-electron chi connectivity index (χ2n) is 5.33. The van der Waals surface area contributed by atoms with Gasteiger partial charge in [0.2, 0.25) is 6.41 Å². The van der Waals surface area contributed by atoms with Crippen LogP contribution in [0, 0.1) is 0 Å². The molecule has 0 saturated carbocycles. The van der Waals surface area contributed by atoms with E-state index >= 15 is 0 Å². The van der Waals surface area contributed by atoms with Crippen molar-refractivity contribution in [3.8, 4) is 11.3 Å². The first-order chi connectivity index (χ1) is 13.2. The molecular formula is C20H22N6O. The normalized spacial score (nSPS) is 10.6. The third-order valence-corrected chi connectivity index (χ3v) is 3.67. The number of pyridine rings is 1. The smallest absolute Gasteiger partial charge is 0.204 e. The zero-order chi connectivity index (χ0) is 19.6. The Labute approximate surface area is 158 Å². The molecule has 0 radical (unpaired) electrons. The van der Waals surface area contributed by atoms with Crippen LogP contribution in [-0.2, 0) is 4.79 Å². The fourth-order valence-electron chi connectivity index (χ4n) is 2.62. The summed E-state index contributed by atoms with van der Waals surface area (Å²) in [5, 5.41) is 3.33. The van der Waals surface area contributed by atoms with E-state index in [-0.39, 0.29) is 6.41 Å². The van der Waals surface area contributed by atoms with Crippen LogP contribution in [0.15, 0.2) is 71.6 Å². The van der Waals surface area contributed by atoms with Gasteiger partial charge in [-0.3, -0.25) is 9.20 Å². The number of benzene rings is 1. The molecule has 1 aromatic carbocycles. The summed E-state index contributed by atoms with van der Waals surface area (Å²) in [5.41, 5.74) is 9.09. The molecule has 3 rings (SSSR count). The highest BCUT2D eigenvalue weighted by Crippen LogP contribution is 2.24. The Balaban J connectivity index is 0.000000817. The van der Waals surface area contributed by atoms with E-state index in [9.17, 15) is 0 Å². The van der Waals surface area contributed by atoms with E-state index in [1.54, 1.807) is 0 Å². The summed E-state index contributed by atoms with van der Waals surface area (Å²) in [6.07, 6.45) is 5.55. The van der Waals surface area contributed by atoms with E-state index in [4.69, 9.17) is 4.79 Å². The third-order valence-electron chi connectivity index (χ3n) is 3.67. The highest BCUT2D eigenvalue weighted by Gasteiger charge is 2.09. The van der Waals surface area contributed by atoms with Crippen LogP contribution in [0.2, 0.25) is 0 Å². The Morgan fingerprint density at radius 2 is 2.15 bits per heavy atom. The molecule has 0 aliphatic carbocycles. The van der Waals surface area contributed by atoms with Gasteiger partial charge in [0.05, 0.1) is 11.9 Å². The van der Waals surface area contributed by atoms with Crippen molar-refractivity contribution in [2.75, 3.05) is 11.9 Å². The zero-order valence-electron chi connectivity index (χ0n) is 15.2. The minimum Gasteiger partial charge on any atom is -0.385 e. The summed E-state index contributed by atoms with van der Waals surface area (Å²) >= 11 is 0. The first-order valence-corrected chi connectivity index (χ1v) is 8.31. The lowest BCUT2D eigenvalue weighted by atomic mass is 10.1. The van der Waals surface area contributed by atoms with Crippen LogP contribution in [0.4, 0.5) is 5.69 Å². The number of carbonyl (C=O) groups is 1. The Morgan fingerprint density at radius 3 is 2.81 bits per heavy atom. The van der Waals surface area contributed by atoms with Gasteiger partial charge in [-0.25, -0.2) is 15.0 Å². The molecule has 2 heterocycles. The standard InChI is InChI=1S/C19H19N5.CH3NO/c1-4-21-16-8-6-7-14(11-16)17-13-23-18-12-15(9-10-24(17)18)19(20-3)22-5-2;2-1-3/h5-13,21H,2-4H2,1H3;1H,(H2,2,3). The molecule has 0 fully saturated rings. The minimum atomic E-state index is 0.250. The summed E-state index contributed by atoms with van der Waals surface area (Å²) in [4.78, 5) is 21.1. The monoisotopic (exact) mass is 362 g/mol. The van der Waals surface area contributed by atoms with Gasteiger partial charge in [0.1, 0.15) is 5.65 Å². The van der Waals surface area contributed by atoms with E-state index < -0.39 is 0 Å². The van der Waals surface area contributed by atoms with Crippen molar-refractivity contribution in [1.29, 1.82) is 0 Å². The van der Waals surface area contributed by atoms with Crippen LogP contribution in [0.3, 0.4) is 0 Å². The number of aliphatic imine (C=N–C) groups is 2. The number of hydrogen-bond acceptors (Lipinski definition) is 4. The number of carbonyl (C=O) groups excluding carboxylic acids is 1. The van der Waals surface area contributed by atoms with Gasteiger partial charge in [-0.05, 0) is 37.9 Å². The predicted octanol–water partition coefficient (Wildman–Crippen LogP) is 3.13. The Hall–Kier alpha value is -3.74. The Morgan fingerprint density at radius 1 is 1.37 bits per heavy atom. The number of fused-ring (bicyclic) bond motifs is 1. The highest BCUT2D eigenvalue weighted by molar-refractivity contribution is 6.02. The molecule has 138 valence electrons. The van der Waals surface area contributed by atoms with Gasteiger partial charge in [-0.1, -0.05) is 18.7 Å². The molecule has 27 heavy (non-hydrogen) atoms. The molecule has 0 bridgehead atoms. The number of primary amides is 1. The number of nitrogens with zero attached hydrogens (tertiary/aromatic N) is 4. The molecule has 0 unspecified atom stereocenters. The van der Waals surface area contributed by atoms with Crippen molar-refractivity contribution in [3.05, 3.63) is 67.1 Å². The average Bonchev–Trinajstić information content (AvgIpc) is 3.10. The molecule has 0 aliphatic rings. The van der Waals surface area contributed by atoms with Crippen molar-refractivity contribution in [2.45, 2.75) is 6.92 Å². The maximum atomic E-state index is 8.58. The molecule has 7 nitrogen and oxygen atoms in total. The number of nitrogens with two attached hydrogens (primary N) is 1. The van der Waals surface area contributed by atoms with Gasteiger partial charge in [0.15, 0.2) is 5.84 Å². The summed E-state index contributed by atoms with van der Waals surface area (Å²) in [5.74, 6) is 0.534. The number of amidine groups is 1. The van der Waals surface area contributed by atoms with Crippen LogP contribution in [-0.4, -0.2) is 34.9 Å². The van der Waals surface area contributed by atoms with E-state index in [2.05, 4.69) is 64.4 Å². The summed E-state index contributed by atoms with van der Waals surface area (Å²) in [6.45, 7) is 10.1. The first kappa shape index (κ1) is 19.6. The zero-order valence-corrected chi connectivity index (χ0v) is 15.2. The molecule has 3 N–H and O–H groups in total. The molecule has 0 atom stereocenters. The molecule has 0 aliphatic heterocycles. The van der Waals surface area contributed by atoms with Crippen molar-refractivity contribution in [1.82, 2.24) is 9.38 Å². The molecular weight excluding hydrogens is 340 g/mol. The van der Waals surface area contributed by atoms with Crippen molar-refractivity contribution >= 4 is 30.3 Å². The van der Waals surface area contributed by atoms with Gasteiger partial charge in [-0.2, -0.15) is 0 Å². The van der Waals surface area contributed by atoms with Crippen LogP contribution >= 0.6 is 0 Å². The SMILES string of the molecule is C=CN=C(N=C)c1ccn2c(-c3cccc(NCC)c3)cnc2c1.NC=O. The minimum absolute atomic E-state index is 0.250. The fourth-order valence-corrected chi connectivity index (χ4v) is 2.62. The summed E-state index contributed by atoms with van der Waals surface area (Å²) in [6, 6.07) is 12.2. The number of nitrogens with one attached hydrogen (secondary N) is 1. The van der Waals surface area contributed by atoms with Crippen molar-refractivity contribution < 1.29 is 4.79 Å². The van der Waals surface area contributed by atoms with E-state index in [0.717, 1.165) is 34.7 Å². The lowest BCUT2D eigenvalue weighted by Gasteiger charge is -2.07. The van der Waals surface area contributed by atoms with Gasteiger partial charge in [0.25, 0.3) is 0 Å². The van der Waals surface area contributed by atoms with Gasteiger partial charge >= 0.3 is 0 Å². The topological polar surface area (TPSA) is 97.1 Å². The molecule has 0 saturated heterocycles. The molecule has 7 heteroatoms. The summed E-state index contributed by atoms with van der Waals surface area (Å²) < 4.78 is 2.04. The van der Waals surface area contributed by atoms with E-state index in [0.29, 0.717) is 5.84 Å². The number of aromatic nitrogens is 2. The highest BCUT2D eigenvalue weighted by atomic mass is 16.1. The second-order valence-corrected chi connectivity index (χ2v) is 5.33. The van der Waals surface area contributed by atoms with Gasteiger partial charge < -0.3 is 11.1 Å². The summed E-state index contributed by atoms with van der Waals surface area (Å²) in [7, 11) is 0. The maximum absolute atomic E-state index is 8.58. The number of anilines is 1. The van der Waals surface area contributed by atoms with E-state index in [1.165, 1.54) is 6.20 Å². The fraction of sp³-hybridized carbons (Fsp3) is 0.100. The largest absolute Gasteiger partial charge is 0.385 e. The van der Waals surface area contributed by atoms with Crippen molar-refractivity contribution in [3.63, 3.8) is 0 Å². The number of amides is 1. The molecule has 3 aromatic rings. The molecule has 2 aromatic heterocycles. The van der Waals surface area contributed by atoms with Gasteiger partial charge in [-0.15, -0.1) is 0 Å². The maximum Gasteiger partial charge on any atom is 0.204 e. The van der Waals surface area contributed by atoms with Crippen LogP contribution in [0.25, 0.3) is 16.9 Å². The van der Waals surface area contributed by atoms with Crippen LogP contribution in [0.1, 0.15) is 12.5 Å². The second kappa shape index (κ2) is 9.67. The quantitative estimate of drug-likeness (QED) is 0.414. The lowest BCUT2D eigenvalue weighted by Crippen LogP contribution is -1.99. The van der Waals surface area contributed by atoms with Crippen LogP contribution in [0.5, 0.6) is 0 Å². The average molecular weight is 362 g/mol. The number of hydrogen-bond donors (Lipinski definition) is 2. The van der Waals surface area contributed by atoms with Crippen molar-refractivity contribution in [2.24, 2.45) is 15.7 Å². The van der Waals surface area contributed by atoms with E-state index in [1.807, 2.05) is 35.0 Å². The van der Waals surface area contributed by atoms with Gasteiger partial charge in [0, 0.05) is 35.8 Å². The first-order valence-electron chi connectivity index (χ1n) is 8.31. The Kier molecular flexibility index (Phi) is 7.01. The predicted molar refractivity (Wildman–Crippen MR) is 111 cm³/mol. The lowest BCUT2D eigenvalue weighted by molar-refractivity contribution is -0.106. The number of rotatable bonds is 5. The number of imidazole rings is 1. The van der Waals surface area contributed by atoms with Crippen LogP contribution < -0.4 is 11.1 Å². The molecule has 0 spiro atoms. The third kappa shape index (κ3) is 4.66. The Bertz CT molecular complexity index is 974. The molecule has 1 amide bonds.